The maximum Gasteiger partial charge on any atom is 0.317 e. The summed E-state index contributed by atoms with van der Waals surface area (Å²) in [5, 5.41) is 3.40. The number of halogens is 1. The number of fused-ring (bicyclic) bond motifs is 1. The predicted molar refractivity (Wildman–Crippen MR) is 69.8 cm³/mol. The maximum absolute atomic E-state index is 11.5. The van der Waals surface area contributed by atoms with Crippen molar-refractivity contribution in [2.75, 3.05) is 36.8 Å². The number of nitrogen functional groups attached to an aromatic ring is 1. The van der Waals surface area contributed by atoms with Gasteiger partial charge in [-0.3, -0.25) is 0 Å². The fourth-order valence-electron chi connectivity index (χ4n) is 2.47. The molecule has 2 aliphatic rings. The van der Waals surface area contributed by atoms with Crippen molar-refractivity contribution < 1.29 is 4.79 Å². The minimum atomic E-state index is 0.0241. The Kier molecular flexibility index (Phi) is 2.66. The summed E-state index contributed by atoms with van der Waals surface area (Å²) in [6, 6.07) is 1.92. The van der Waals surface area contributed by atoms with Crippen molar-refractivity contribution in [1.82, 2.24) is 15.2 Å². The topological polar surface area (TPSA) is 74.5 Å². The Labute approximate surface area is 110 Å². The molecule has 0 bridgehead atoms. The molecule has 2 fully saturated rings. The average molecular weight is 268 g/mol. The average Bonchev–Trinajstić information content (AvgIpc) is 2.71. The molecule has 0 spiro atoms. The summed E-state index contributed by atoms with van der Waals surface area (Å²) in [7, 11) is 0. The standard InChI is InChI=1S/C11H14ClN5O/c12-9-3-7(13)4-14-10(9)16-1-2-17-8(6-16)5-15-11(17)18/h3-4,8H,1-2,5-6,13H2,(H,15,18). The first-order valence-electron chi connectivity index (χ1n) is 5.85. The highest BCUT2D eigenvalue weighted by atomic mass is 35.5. The van der Waals surface area contributed by atoms with Crippen molar-refractivity contribution in [2.45, 2.75) is 6.04 Å². The zero-order valence-corrected chi connectivity index (χ0v) is 10.5. The number of nitrogens with two attached hydrogens (primary N) is 1. The number of aromatic nitrogens is 1. The molecule has 7 heteroatoms. The van der Waals surface area contributed by atoms with Crippen molar-refractivity contribution in [3.05, 3.63) is 17.3 Å². The Balaban J connectivity index is 1.80. The van der Waals surface area contributed by atoms with Crippen LogP contribution in [0.1, 0.15) is 0 Å². The van der Waals surface area contributed by atoms with Gasteiger partial charge in [0.2, 0.25) is 0 Å². The first-order chi connectivity index (χ1) is 8.65. The molecule has 0 aromatic carbocycles. The third kappa shape index (κ3) is 1.82. The van der Waals surface area contributed by atoms with E-state index in [9.17, 15) is 4.79 Å². The maximum atomic E-state index is 11.5. The smallest absolute Gasteiger partial charge is 0.317 e. The van der Waals surface area contributed by atoms with Crippen molar-refractivity contribution in [2.24, 2.45) is 0 Å². The molecule has 2 amide bonds. The summed E-state index contributed by atoms with van der Waals surface area (Å²) >= 11 is 6.15. The van der Waals surface area contributed by atoms with E-state index in [2.05, 4.69) is 15.2 Å². The Hall–Kier alpha value is -1.69. The second kappa shape index (κ2) is 4.20. The lowest BCUT2D eigenvalue weighted by Gasteiger charge is -2.37. The lowest BCUT2D eigenvalue weighted by Crippen LogP contribution is -2.52. The fraction of sp³-hybridized carbons (Fsp3) is 0.455. The van der Waals surface area contributed by atoms with Crippen LogP contribution in [0.5, 0.6) is 0 Å². The predicted octanol–water partition coefficient (Wildman–Crippen LogP) is 0.531. The summed E-state index contributed by atoms with van der Waals surface area (Å²) in [4.78, 5) is 19.7. The van der Waals surface area contributed by atoms with Crippen LogP contribution in [-0.2, 0) is 0 Å². The van der Waals surface area contributed by atoms with Gasteiger partial charge in [0, 0.05) is 26.2 Å². The second-order valence-electron chi connectivity index (χ2n) is 4.55. The van der Waals surface area contributed by atoms with E-state index in [-0.39, 0.29) is 12.1 Å². The highest BCUT2D eigenvalue weighted by Gasteiger charge is 2.36. The molecule has 3 heterocycles. The molecule has 2 aliphatic heterocycles. The van der Waals surface area contributed by atoms with Gasteiger partial charge in [-0.25, -0.2) is 9.78 Å². The molecule has 18 heavy (non-hydrogen) atoms. The van der Waals surface area contributed by atoms with Crippen molar-refractivity contribution >= 4 is 29.1 Å². The first kappa shape index (κ1) is 11.4. The number of anilines is 2. The van der Waals surface area contributed by atoms with E-state index >= 15 is 0 Å². The normalized spacial score (nSPS) is 22.9. The molecule has 3 N–H and O–H groups in total. The number of hydrogen-bond acceptors (Lipinski definition) is 4. The molecule has 96 valence electrons. The lowest BCUT2D eigenvalue weighted by molar-refractivity contribution is 0.197. The van der Waals surface area contributed by atoms with Crippen LogP contribution in [0.4, 0.5) is 16.3 Å². The van der Waals surface area contributed by atoms with Crippen molar-refractivity contribution in [3.8, 4) is 0 Å². The lowest BCUT2D eigenvalue weighted by atomic mass is 10.2. The Morgan fingerprint density at radius 2 is 2.33 bits per heavy atom. The molecule has 0 aliphatic carbocycles. The second-order valence-corrected chi connectivity index (χ2v) is 4.96. The molecule has 6 nitrogen and oxygen atoms in total. The van der Waals surface area contributed by atoms with Gasteiger partial charge in [-0.05, 0) is 6.07 Å². The van der Waals surface area contributed by atoms with Gasteiger partial charge in [-0.15, -0.1) is 0 Å². The SMILES string of the molecule is Nc1cnc(N2CCN3C(=O)NCC3C2)c(Cl)c1. The van der Waals surface area contributed by atoms with Crippen LogP contribution in [-0.4, -0.2) is 48.1 Å². The summed E-state index contributed by atoms with van der Waals surface area (Å²) in [5.41, 5.74) is 6.19. The molecule has 2 saturated heterocycles. The van der Waals surface area contributed by atoms with E-state index in [1.54, 1.807) is 12.3 Å². The summed E-state index contributed by atoms with van der Waals surface area (Å²) < 4.78 is 0. The molecular weight excluding hydrogens is 254 g/mol. The van der Waals surface area contributed by atoms with Gasteiger partial charge >= 0.3 is 6.03 Å². The number of nitrogens with zero attached hydrogens (tertiary/aromatic N) is 3. The van der Waals surface area contributed by atoms with Gasteiger partial charge in [-0.1, -0.05) is 11.6 Å². The highest BCUT2D eigenvalue weighted by molar-refractivity contribution is 6.33. The summed E-state index contributed by atoms with van der Waals surface area (Å²) in [6.07, 6.45) is 1.60. The quantitative estimate of drug-likeness (QED) is 0.778. The molecule has 0 radical (unpaired) electrons. The minimum absolute atomic E-state index is 0.0241. The van der Waals surface area contributed by atoms with E-state index in [1.807, 2.05) is 4.90 Å². The van der Waals surface area contributed by atoms with Crippen LogP contribution in [0.25, 0.3) is 0 Å². The van der Waals surface area contributed by atoms with Gasteiger partial charge < -0.3 is 20.9 Å². The molecule has 0 saturated carbocycles. The van der Waals surface area contributed by atoms with Crippen LogP contribution >= 0.6 is 11.6 Å². The van der Waals surface area contributed by atoms with Crippen LogP contribution in [0.3, 0.4) is 0 Å². The molecule has 1 atom stereocenters. The van der Waals surface area contributed by atoms with Gasteiger partial charge in [0.25, 0.3) is 0 Å². The van der Waals surface area contributed by atoms with Crippen LogP contribution in [0.2, 0.25) is 5.02 Å². The number of carbonyl (C=O) groups is 1. The van der Waals surface area contributed by atoms with Gasteiger partial charge in [0.1, 0.15) is 5.82 Å². The third-order valence-corrected chi connectivity index (χ3v) is 3.65. The minimum Gasteiger partial charge on any atom is -0.397 e. The number of piperazine rings is 1. The Bertz CT molecular complexity index is 494. The highest BCUT2D eigenvalue weighted by Crippen LogP contribution is 2.27. The third-order valence-electron chi connectivity index (χ3n) is 3.37. The summed E-state index contributed by atoms with van der Waals surface area (Å²) in [6.45, 7) is 2.86. The first-order valence-corrected chi connectivity index (χ1v) is 6.23. The van der Waals surface area contributed by atoms with Gasteiger partial charge in [0.15, 0.2) is 0 Å². The monoisotopic (exact) mass is 267 g/mol. The Morgan fingerprint density at radius 1 is 1.50 bits per heavy atom. The van der Waals surface area contributed by atoms with E-state index in [1.165, 1.54) is 0 Å². The number of pyridine rings is 1. The summed E-state index contributed by atoms with van der Waals surface area (Å²) in [5.74, 6) is 0.741. The Morgan fingerprint density at radius 3 is 3.11 bits per heavy atom. The number of urea groups is 1. The molecular formula is C11H14ClN5O. The molecule has 3 rings (SSSR count). The number of rotatable bonds is 1. The van der Waals surface area contributed by atoms with Crippen LogP contribution < -0.4 is 16.0 Å². The number of carbonyl (C=O) groups excluding carboxylic acids is 1. The fourth-order valence-corrected chi connectivity index (χ4v) is 2.77. The van der Waals surface area contributed by atoms with Crippen LogP contribution in [0.15, 0.2) is 12.3 Å². The molecule has 1 aromatic rings. The largest absolute Gasteiger partial charge is 0.397 e. The zero-order valence-electron chi connectivity index (χ0n) is 9.77. The number of nitrogens with one attached hydrogen (secondary N) is 1. The number of hydrogen-bond donors (Lipinski definition) is 2. The van der Waals surface area contributed by atoms with Gasteiger partial charge in [0.05, 0.1) is 22.9 Å². The van der Waals surface area contributed by atoms with Gasteiger partial charge in [-0.2, -0.15) is 0 Å². The van der Waals surface area contributed by atoms with E-state index < -0.39 is 0 Å². The zero-order chi connectivity index (χ0) is 12.7. The molecule has 1 unspecified atom stereocenters. The van der Waals surface area contributed by atoms with E-state index in [0.717, 1.165) is 18.9 Å². The van der Waals surface area contributed by atoms with E-state index in [4.69, 9.17) is 17.3 Å². The molecule has 1 aromatic heterocycles. The number of amides is 2. The van der Waals surface area contributed by atoms with Crippen molar-refractivity contribution in [1.29, 1.82) is 0 Å². The van der Waals surface area contributed by atoms with Crippen molar-refractivity contribution in [3.63, 3.8) is 0 Å². The van der Waals surface area contributed by atoms with Crippen LogP contribution in [0, 0.1) is 0 Å². The van der Waals surface area contributed by atoms with E-state index in [0.29, 0.717) is 23.8 Å².